The predicted octanol–water partition coefficient (Wildman–Crippen LogP) is 6.00. The van der Waals surface area contributed by atoms with Crippen molar-refractivity contribution < 1.29 is 4.74 Å². The highest BCUT2D eigenvalue weighted by molar-refractivity contribution is 6.35. The van der Waals surface area contributed by atoms with Crippen LogP contribution in [0.25, 0.3) is 11.0 Å². The van der Waals surface area contributed by atoms with Crippen molar-refractivity contribution in [2.45, 2.75) is 32.8 Å². The van der Waals surface area contributed by atoms with E-state index in [1.165, 1.54) is 0 Å². The monoisotopic (exact) mass is 405 g/mol. The quantitative estimate of drug-likeness (QED) is 0.523. The average Bonchev–Trinajstić information content (AvgIpc) is 2.98. The zero-order chi connectivity index (χ0) is 19.6. The van der Waals surface area contributed by atoms with Crippen molar-refractivity contribution in [1.29, 1.82) is 0 Å². The van der Waals surface area contributed by atoms with E-state index in [9.17, 15) is 0 Å². The molecule has 3 rings (SSSR count). The van der Waals surface area contributed by atoms with Crippen LogP contribution < -0.4 is 5.32 Å². The number of fused-ring (bicyclic) bond motifs is 1. The van der Waals surface area contributed by atoms with Crippen molar-refractivity contribution in [2.75, 3.05) is 18.5 Å². The minimum atomic E-state index is -0.799. The van der Waals surface area contributed by atoms with E-state index < -0.39 is 5.60 Å². The molecule has 4 nitrogen and oxygen atoms in total. The summed E-state index contributed by atoms with van der Waals surface area (Å²) in [5, 5.41) is 4.65. The Morgan fingerprint density at radius 2 is 1.96 bits per heavy atom. The first kappa shape index (κ1) is 20.0. The predicted molar refractivity (Wildman–Crippen MR) is 114 cm³/mol. The molecule has 1 heterocycles. The summed E-state index contributed by atoms with van der Waals surface area (Å²) in [7, 11) is 2.02. The number of nitrogens with one attached hydrogen (secondary N) is 1. The average molecular weight is 406 g/mol. The van der Waals surface area contributed by atoms with Crippen molar-refractivity contribution in [1.82, 2.24) is 9.55 Å². The largest absolute Gasteiger partial charge is 0.383 e. The number of para-hydroxylation sites is 1. The smallest absolute Gasteiger partial charge is 0.149 e. The van der Waals surface area contributed by atoms with Crippen molar-refractivity contribution in [3.8, 4) is 0 Å². The second-order valence-corrected chi connectivity index (χ2v) is 7.53. The molecule has 0 saturated carbocycles. The second-order valence-electron chi connectivity index (χ2n) is 6.68. The molecule has 1 aromatic heterocycles. The molecule has 1 atom stereocenters. The van der Waals surface area contributed by atoms with Crippen LogP contribution in [-0.4, -0.2) is 22.7 Å². The first-order valence-corrected chi connectivity index (χ1v) is 9.97. The number of aryl methyl sites for hydroxylation is 1. The summed E-state index contributed by atoms with van der Waals surface area (Å²) in [4.78, 5) is 4.92. The van der Waals surface area contributed by atoms with Crippen LogP contribution >= 0.6 is 23.2 Å². The molecule has 1 N–H and O–H groups in total. The van der Waals surface area contributed by atoms with E-state index >= 15 is 0 Å². The standard InChI is InChI=1S/C21H25Cl2N3O/c1-5-12-24-17-8-7-9-18-19(17)26(4)20(25-18)21(3,27-6-2)15-11-10-14(22)13-16(15)23/h7-11,13,24H,5-6,12H2,1-4H3. The first-order valence-electron chi connectivity index (χ1n) is 9.21. The number of anilines is 1. The number of hydrogen-bond donors (Lipinski definition) is 1. The SMILES string of the molecule is CCCNc1cccc2nc(C(C)(OCC)c3ccc(Cl)cc3Cl)n(C)c12. The number of aromatic nitrogens is 2. The Morgan fingerprint density at radius 3 is 2.63 bits per heavy atom. The number of imidazole rings is 1. The number of nitrogens with zero attached hydrogens (tertiary/aromatic N) is 2. The third-order valence-electron chi connectivity index (χ3n) is 4.76. The first-order chi connectivity index (χ1) is 12.9. The molecule has 0 spiro atoms. The van der Waals surface area contributed by atoms with Crippen LogP contribution in [0.3, 0.4) is 0 Å². The van der Waals surface area contributed by atoms with Gasteiger partial charge in [0, 0.05) is 35.8 Å². The highest BCUT2D eigenvalue weighted by atomic mass is 35.5. The summed E-state index contributed by atoms with van der Waals surface area (Å²) in [6.07, 6.45) is 1.05. The number of halogens is 2. The van der Waals surface area contributed by atoms with E-state index in [-0.39, 0.29) is 0 Å². The topological polar surface area (TPSA) is 39.1 Å². The van der Waals surface area contributed by atoms with Crippen molar-refractivity contribution in [3.63, 3.8) is 0 Å². The third-order valence-corrected chi connectivity index (χ3v) is 5.31. The Labute approximate surface area is 170 Å². The van der Waals surface area contributed by atoms with Crippen molar-refractivity contribution >= 4 is 39.9 Å². The van der Waals surface area contributed by atoms with Gasteiger partial charge in [-0.3, -0.25) is 0 Å². The van der Waals surface area contributed by atoms with E-state index in [2.05, 4.69) is 22.9 Å². The van der Waals surface area contributed by atoms with E-state index in [1.54, 1.807) is 6.07 Å². The van der Waals surface area contributed by atoms with Gasteiger partial charge in [-0.2, -0.15) is 0 Å². The summed E-state index contributed by atoms with van der Waals surface area (Å²) in [5.74, 6) is 0.800. The molecule has 0 aliphatic carbocycles. The lowest BCUT2D eigenvalue weighted by Gasteiger charge is -2.30. The fraction of sp³-hybridized carbons (Fsp3) is 0.381. The van der Waals surface area contributed by atoms with Gasteiger partial charge in [-0.15, -0.1) is 0 Å². The molecule has 1 unspecified atom stereocenters. The molecule has 0 radical (unpaired) electrons. The van der Waals surface area contributed by atoms with E-state index in [0.29, 0.717) is 16.7 Å². The minimum absolute atomic E-state index is 0.527. The van der Waals surface area contributed by atoms with Crippen LogP contribution in [0.4, 0.5) is 5.69 Å². The maximum absolute atomic E-state index is 6.54. The van der Waals surface area contributed by atoms with Gasteiger partial charge in [0.15, 0.2) is 0 Å². The highest BCUT2D eigenvalue weighted by Crippen LogP contribution is 2.39. The molecule has 144 valence electrons. The molecule has 0 fully saturated rings. The number of benzene rings is 2. The fourth-order valence-corrected chi connectivity index (χ4v) is 4.11. The lowest BCUT2D eigenvalue weighted by molar-refractivity contribution is -0.00415. The van der Waals surface area contributed by atoms with Gasteiger partial charge < -0.3 is 14.6 Å². The summed E-state index contributed by atoms with van der Waals surface area (Å²) < 4.78 is 8.31. The highest BCUT2D eigenvalue weighted by Gasteiger charge is 2.36. The van der Waals surface area contributed by atoms with Crippen LogP contribution in [0.2, 0.25) is 10.0 Å². The van der Waals surface area contributed by atoms with Gasteiger partial charge in [0.25, 0.3) is 0 Å². The minimum Gasteiger partial charge on any atom is -0.383 e. The number of hydrogen-bond acceptors (Lipinski definition) is 3. The Hall–Kier alpha value is -1.75. The lowest BCUT2D eigenvalue weighted by atomic mass is 9.94. The molecule has 6 heteroatoms. The van der Waals surface area contributed by atoms with E-state index in [4.69, 9.17) is 32.9 Å². The Bertz CT molecular complexity index is 954. The zero-order valence-corrected chi connectivity index (χ0v) is 17.7. The van der Waals surface area contributed by atoms with Crippen molar-refractivity contribution in [3.05, 3.63) is 57.8 Å². The maximum atomic E-state index is 6.54. The van der Waals surface area contributed by atoms with E-state index in [1.807, 2.05) is 45.2 Å². The van der Waals surface area contributed by atoms with Crippen LogP contribution in [0, 0.1) is 0 Å². The Balaban J connectivity index is 2.21. The Kier molecular flexibility index (Phi) is 5.99. The zero-order valence-electron chi connectivity index (χ0n) is 16.1. The van der Waals surface area contributed by atoms with Gasteiger partial charge >= 0.3 is 0 Å². The molecular weight excluding hydrogens is 381 g/mol. The van der Waals surface area contributed by atoms with Gasteiger partial charge in [-0.25, -0.2) is 4.98 Å². The molecule has 0 bridgehead atoms. The van der Waals surface area contributed by atoms with E-state index in [0.717, 1.165) is 41.1 Å². The molecule has 3 aromatic rings. The molecule has 2 aromatic carbocycles. The van der Waals surface area contributed by atoms with Gasteiger partial charge in [0.1, 0.15) is 11.4 Å². The van der Waals surface area contributed by atoms with Gasteiger partial charge in [0.05, 0.1) is 16.7 Å². The number of rotatable bonds is 7. The summed E-state index contributed by atoms with van der Waals surface area (Å²) in [6, 6.07) is 11.6. The van der Waals surface area contributed by atoms with Gasteiger partial charge in [-0.05, 0) is 44.5 Å². The molecule has 0 aliphatic rings. The molecular formula is C21H25Cl2N3O. The van der Waals surface area contributed by atoms with Gasteiger partial charge in [-0.1, -0.05) is 42.3 Å². The van der Waals surface area contributed by atoms with Gasteiger partial charge in [0.2, 0.25) is 0 Å². The summed E-state index contributed by atoms with van der Waals surface area (Å²) >= 11 is 12.6. The van der Waals surface area contributed by atoms with Crippen LogP contribution in [0.5, 0.6) is 0 Å². The van der Waals surface area contributed by atoms with Crippen LogP contribution in [-0.2, 0) is 17.4 Å². The molecule has 0 saturated heterocycles. The molecule has 0 aliphatic heterocycles. The molecule has 27 heavy (non-hydrogen) atoms. The van der Waals surface area contributed by atoms with Crippen LogP contribution in [0.15, 0.2) is 36.4 Å². The molecule has 0 amide bonds. The third kappa shape index (κ3) is 3.66. The van der Waals surface area contributed by atoms with Crippen molar-refractivity contribution in [2.24, 2.45) is 7.05 Å². The second kappa shape index (κ2) is 8.09. The maximum Gasteiger partial charge on any atom is 0.149 e. The number of ether oxygens (including phenoxy) is 1. The summed E-state index contributed by atoms with van der Waals surface area (Å²) in [5.41, 5.74) is 3.08. The fourth-order valence-electron chi connectivity index (χ4n) is 3.53. The summed E-state index contributed by atoms with van der Waals surface area (Å²) in [6.45, 7) is 7.56. The lowest BCUT2D eigenvalue weighted by Crippen LogP contribution is -2.31. The van der Waals surface area contributed by atoms with Crippen LogP contribution in [0.1, 0.15) is 38.6 Å². The normalized spacial score (nSPS) is 13.7. The Morgan fingerprint density at radius 1 is 1.19 bits per heavy atom.